The predicted octanol–water partition coefficient (Wildman–Crippen LogP) is 0.929. The molecule has 2 aromatic heterocycles. The first-order valence-electron chi connectivity index (χ1n) is 4.55. The maximum absolute atomic E-state index is 11.4. The number of aromatic nitrogens is 2. The van der Waals surface area contributed by atoms with Gasteiger partial charge in [-0.15, -0.1) is 0 Å². The number of rotatable bonds is 2. The fraction of sp³-hybridized carbons (Fsp3) is 0.0909. The summed E-state index contributed by atoms with van der Waals surface area (Å²) >= 11 is 0. The lowest BCUT2D eigenvalue weighted by atomic mass is 10.0. The van der Waals surface area contributed by atoms with E-state index in [0.29, 0.717) is 5.56 Å². The van der Waals surface area contributed by atoms with E-state index in [2.05, 4.69) is 9.97 Å². The summed E-state index contributed by atoms with van der Waals surface area (Å²) in [4.78, 5) is 17.8. The Labute approximate surface area is 86.2 Å². The Balaban J connectivity index is 2.63. The highest BCUT2D eigenvalue weighted by Gasteiger charge is 2.06. The first-order valence-corrected chi connectivity index (χ1v) is 4.55. The van der Waals surface area contributed by atoms with Gasteiger partial charge in [0.25, 0.3) is 5.56 Å². The molecule has 0 aromatic carbocycles. The molecular weight excluding hydrogens is 192 g/mol. The number of aliphatic hydroxyl groups is 1. The van der Waals surface area contributed by atoms with Gasteiger partial charge in [-0.05, 0) is 29.3 Å². The third kappa shape index (κ3) is 1.80. The van der Waals surface area contributed by atoms with Crippen LogP contribution in [0.15, 0.2) is 41.6 Å². The van der Waals surface area contributed by atoms with Gasteiger partial charge in [-0.3, -0.25) is 9.78 Å². The third-order valence-electron chi connectivity index (χ3n) is 2.21. The topological polar surface area (TPSA) is 66.0 Å². The number of pyridine rings is 2. The Kier molecular flexibility index (Phi) is 2.60. The van der Waals surface area contributed by atoms with Gasteiger partial charge in [-0.25, -0.2) is 0 Å². The molecule has 4 heteroatoms. The lowest BCUT2D eigenvalue weighted by molar-refractivity contribution is 0.280. The van der Waals surface area contributed by atoms with Gasteiger partial charge in [-0.1, -0.05) is 0 Å². The molecule has 0 spiro atoms. The highest BCUT2D eigenvalue weighted by atomic mass is 16.3. The Bertz CT molecular complexity index is 505. The van der Waals surface area contributed by atoms with Crippen molar-refractivity contribution < 1.29 is 5.11 Å². The SMILES string of the molecule is O=c1[nH]ccc(-c2ccncc2)c1CO. The fourth-order valence-corrected chi connectivity index (χ4v) is 1.47. The van der Waals surface area contributed by atoms with Crippen molar-refractivity contribution in [3.8, 4) is 11.1 Å². The van der Waals surface area contributed by atoms with E-state index in [4.69, 9.17) is 5.11 Å². The molecule has 2 heterocycles. The van der Waals surface area contributed by atoms with E-state index in [9.17, 15) is 4.79 Å². The van der Waals surface area contributed by atoms with Crippen LogP contribution in [0.25, 0.3) is 11.1 Å². The maximum Gasteiger partial charge on any atom is 0.254 e. The van der Waals surface area contributed by atoms with Crippen molar-refractivity contribution in [2.24, 2.45) is 0 Å². The molecular formula is C11H10N2O2. The molecule has 0 aliphatic carbocycles. The number of hydrogen-bond acceptors (Lipinski definition) is 3. The Hall–Kier alpha value is -1.94. The molecule has 0 amide bonds. The maximum atomic E-state index is 11.4. The number of nitrogens with zero attached hydrogens (tertiary/aromatic N) is 1. The predicted molar refractivity (Wildman–Crippen MR) is 56.2 cm³/mol. The van der Waals surface area contributed by atoms with Gasteiger partial charge >= 0.3 is 0 Å². The molecule has 2 rings (SSSR count). The van der Waals surface area contributed by atoms with Gasteiger partial charge in [0, 0.05) is 18.6 Å². The van der Waals surface area contributed by atoms with Gasteiger partial charge in [0.1, 0.15) is 0 Å². The number of H-pyrrole nitrogens is 1. The quantitative estimate of drug-likeness (QED) is 0.761. The molecule has 0 atom stereocenters. The van der Waals surface area contributed by atoms with Crippen LogP contribution in [0.1, 0.15) is 5.56 Å². The normalized spacial score (nSPS) is 10.2. The van der Waals surface area contributed by atoms with Crippen molar-refractivity contribution in [3.05, 3.63) is 52.7 Å². The molecule has 76 valence electrons. The molecule has 0 aliphatic rings. The van der Waals surface area contributed by atoms with Crippen LogP contribution < -0.4 is 5.56 Å². The molecule has 0 saturated carbocycles. The summed E-state index contributed by atoms with van der Waals surface area (Å²) in [5, 5.41) is 9.12. The molecule has 15 heavy (non-hydrogen) atoms. The molecule has 0 saturated heterocycles. The highest BCUT2D eigenvalue weighted by molar-refractivity contribution is 5.65. The van der Waals surface area contributed by atoms with E-state index < -0.39 is 0 Å². The molecule has 0 radical (unpaired) electrons. The zero-order valence-corrected chi connectivity index (χ0v) is 7.97. The summed E-state index contributed by atoms with van der Waals surface area (Å²) in [6, 6.07) is 5.37. The number of hydrogen-bond donors (Lipinski definition) is 2. The average Bonchev–Trinajstić information content (AvgIpc) is 2.30. The number of nitrogens with one attached hydrogen (secondary N) is 1. The molecule has 2 N–H and O–H groups in total. The molecule has 0 bridgehead atoms. The van der Waals surface area contributed by atoms with Gasteiger partial charge in [0.15, 0.2) is 0 Å². The third-order valence-corrected chi connectivity index (χ3v) is 2.21. The van der Waals surface area contributed by atoms with Crippen molar-refractivity contribution in [1.82, 2.24) is 9.97 Å². The molecule has 0 unspecified atom stereocenters. The molecule has 2 aromatic rings. The summed E-state index contributed by atoms with van der Waals surface area (Å²) in [6.45, 7) is -0.270. The van der Waals surface area contributed by atoms with E-state index in [1.807, 2.05) is 0 Å². The first kappa shape index (κ1) is 9.61. The molecule has 4 nitrogen and oxygen atoms in total. The van der Waals surface area contributed by atoms with Crippen molar-refractivity contribution in [2.45, 2.75) is 6.61 Å². The van der Waals surface area contributed by atoms with Crippen molar-refractivity contribution in [3.63, 3.8) is 0 Å². The van der Waals surface area contributed by atoms with Crippen LogP contribution in [0.3, 0.4) is 0 Å². The number of aliphatic hydroxyl groups excluding tert-OH is 1. The first-order chi connectivity index (χ1) is 7.33. The minimum Gasteiger partial charge on any atom is -0.391 e. The van der Waals surface area contributed by atoms with Gasteiger partial charge < -0.3 is 10.1 Å². The van der Waals surface area contributed by atoms with Crippen molar-refractivity contribution in [2.75, 3.05) is 0 Å². The van der Waals surface area contributed by atoms with Crippen LogP contribution in [0.5, 0.6) is 0 Å². The largest absolute Gasteiger partial charge is 0.391 e. The fourth-order valence-electron chi connectivity index (χ4n) is 1.47. The second kappa shape index (κ2) is 4.06. The average molecular weight is 202 g/mol. The van der Waals surface area contributed by atoms with Crippen molar-refractivity contribution >= 4 is 0 Å². The van der Waals surface area contributed by atoms with E-state index in [1.54, 1.807) is 36.8 Å². The van der Waals surface area contributed by atoms with E-state index >= 15 is 0 Å². The van der Waals surface area contributed by atoms with Crippen molar-refractivity contribution in [1.29, 1.82) is 0 Å². The minimum absolute atomic E-state index is 0.258. The lowest BCUT2D eigenvalue weighted by Gasteiger charge is -2.05. The summed E-state index contributed by atoms with van der Waals surface area (Å²) in [7, 11) is 0. The highest BCUT2D eigenvalue weighted by Crippen LogP contribution is 2.19. The standard InChI is InChI=1S/C11H10N2O2/c14-7-10-9(3-6-13-11(10)15)8-1-4-12-5-2-8/h1-6,14H,7H2,(H,13,15). The van der Waals surface area contributed by atoms with Gasteiger partial charge in [0.2, 0.25) is 0 Å². The number of aromatic amines is 1. The smallest absolute Gasteiger partial charge is 0.254 e. The van der Waals surface area contributed by atoms with Crippen LogP contribution in [0.4, 0.5) is 0 Å². The Morgan fingerprint density at radius 3 is 2.67 bits per heavy atom. The van der Waals surface area contributed by atoms with Crippen LogP contribution in [0.2, 0.25) is 0 Å². The lowest BCUT2D eigenvalue weighted by Crippen LogP contribution is -2.12. The summed E-state index contributed by atoms with van der Waals surface area (Å²) in [6.07, 6.45) is 4.87. The summed E-state index contributed by atoms with van der Waals surface area (Å²) in [5.74, 6) is 0. The van der Waals surface area contributed by atoms with E-state index in [1.165, 1.54) is 0 Å². The van der Waals surface area contributed by atoms with Crippen LogP contribution >= 0.6 is 0 Å². The van der Waals surface area contributed by atoms with Crippen LogP contribution in [-0.4, -0.2) is 15.1 Å². The molecule has 0 fully saturated rings. The Morgan fingerprint density at radius 2 is 2.00 bits per heavy atom. The van der Waals surface area contributed by atoms with Gasteiger partial charge in [0.05, 0.1) is 12.2 Å². The summed E-state index contributed by atoms with van der Waals surface area (Å²) in [5.41, 5.74) is 1.74. The molecule has 0 aliphatic heterocycles. The second-order valence-electron chi connectivity index (χ2n) is 3.09. The zero-order chi connectivity index (χ0) is 10.7. The monoisotopic (exact) mass is 202 g/mol. The van der Waals surface area contributed by atoms with Gasteiger partial charge in [-0.2, -0.15) is 0 Å². The Morgan fingerprint density at radius 1 is 1.27 bits per heavy atom. The summed E-state index contributed by atoms with van der Waals surface area (Å²) < 4.78 is 0. The van der Waals surface area contributed by atoms with E-state index in [0.717, 1.165) is 11.1 Å². The van der Waals surface area contributed by atoms with Crippen LogP contribution in [0, 0.1) is 0 Å². The zero-order valence-electron chi connectivity index (χ0n) is 7.97. The van der Waals surface area contributed by atoms with Crippen LogP contribution in [-0.2, 0) is 6.61 Å². The van der Waals surface area contributed by atoms with E-state index in [-0.39, 0.29) is 12.2 Å². The second-order valence-corrected chi connectivity index (χ2v) is 3.09. The minimum atomic E-state index is -0.270.